The van der Waals surface area contributed by atoms with Crippen LogP contribution in [-0.2, 0) is 0 Å². The van der Waals surface area contributed by atoms with Crippen molar-refractivity contribution in [2.45, 2.75) is 26.7 Å². The lowest BCUT2D eigenvalue weighted by Crippen LogP contribution is -2.37. The summed E-state index contributed by atoms with van der Waals surface area (Å²) in [5.74, 6) is 1.31. The molecule has 2 aromatic heterocycles. The quantitative estimate of drug-likeness (QED) is 0.618. The number of carbonyl (C=O) groups is 1. The van der Waals surface area contributed by atoms with Crippen LogP contribution in [-0.4, -0.2) is 33.8 Å². The first-order valence-corrected chi connectivity index (χ1v) is 9.83. The molecule has 29 heavy (non-hydrogen) atoms. The van der Waals surface area contributed by atoms with Crippen LogP contribution in [0.4, 0.5) is 10.2 Å². The number of anilines is 1. The molecule has 1 aliphatic rings. The molecule has 0 amide bonds. The topological polar surface area (TPSA) is 59.0 Å². The minimum Gasteiger partial charge on any atom is -0.356 e. The van der Waals surface area contributed by atoms with E-state index in [-0.39, 0.29) is 17.5 Å². The zero-order chi connectivity index (χ0) is 20.4. The van der Waals surface area contributed by atoms with Crippen LogP contribution in [0.1, 0.15) is 34.5 Å². The number of rotatable bonds is 4. The van der Waals surface area contributed by atoms with E-state index in [1.165, 1.54) is 12.1 Å². The summed E-state index contributed by atoms with van der Waals surface area (Å²) in [5.41, 5.74) is 3.47. The van der Waals surface area contributed by atoms with Crippen molar-refractivity contribution in [3.05, 3.63) is 71.4 Å². The Hall–Kier alpha value is -3.15. The van der Waals surface area contributed by atoms with Crippen LogP contribution in [0.25, 0.3) is 11.4 Å². The molecule has 3 aromatic rings. The lowest BCUT2D eigenvalue weighted by atomic mass is 9.89. The van der Waals surface area contributed by atoms with Crippen molar-refractivity contribution in [1.29, 1.82) is 0 Å². The Balaban J connectivity index is 1.52. The first-order chi connectivity index (χ1) is 14.0. The highest BCUT2D eigenvalue weighted by Gasteiger charge is 2.27. The van der Waals surface area contributed by atoms with Gasteiger partial charge in [0.15, 0.2) is 11.6 Å². The largest absolute Gasteiger partial charge is 0.356 e. The van der Waals surface area contributed by atoms with E-state index in [1.807, 2.05) is 26.0 Å². The average Bonchev–Trinajstić information content (AvgIpc) is 2.76. The molecule has 0 radical (unpaired) electrons. The summed E-state index contributed by atoms with van der Waals surface area (Å²) in [5, 5.41) is 0. The number of nitrogens with zero attached hydrogens (tertiary/aromatic N) is 4. The maximum Gasteiger partial charge on any atom is 0.166 e. The molecule has 1 aliphatic heterocycles. The molecule has 1 aromatic carbocycles. The highest BCUT2D eigenvalue weighted by Crippen LogP contribution is 2.29. The van der Waals surface area contributed by atoms with E-state index >= 15 is 0 Å². The number of halogens is 1. The fourth-order valence-corrected chi connectivity index (χ4v) is 3.75. The predicted molar refractivity (Wildman–Crippen MR) is 110 cm³/mol. The summed E-state index contributed by atoms with van der Waals surface area (Å²) < 4.78 is 13.1. The molecule has 0 spiro atoms. The van der Waals surface area contributed by atoms with Gasteiger partial charge in [0.1, 0.15) is 11.6 Å². The number of pyridine rings is 1. The number of ketones is 1. The van der Waals surface area contributed by atoms with Gasteiger partial charge >= 0.3 is 0 Å². The highest BCUT2D eigenvalue weighted by atomic mass is 19.1. The Kier molecular flexibility index (Phi) is 5.34. The van der Waals surface area contributed by atoms with Gasteiger partial charge in [-0.3, -0.25) is 9.78 Å². The first-order valence-electron chi connectivity index (χ1n) is 9.83. The van der Waals surface area contributed by atoms with Gasteiger partial charge in [-0.25, -0.2) is 14.4 Å². The van der Waals surface area contributed by atoms with Gasteiger partial charge in [-0.05, 0) is 63.1 Å². The van der Waals surface area contributed by atoms with Crippen molar-refractivity contribution in [3.8, 4) is 11.4 Å². The second-order valence-electron chi connectivity index (χ2n) is 7.46. The fourth-order valence-electron chi connectivity index (χ4n) is 3.75. The van der Waals surface area contributed by atoms with Crippen LogP contribution in [0.3, 0.4) is 0 Å². The zero-order valence-corrected chi connectivity index (χ0v) is 16.6. The van der Waals surface area contributed by atoms with E-state index in [2.05, 4.69) is 14.9 Å². The number of aromatic nitrogens is 3. The smallest absolute Gasteiger partial charge is 0.166 e. The Morgan fingerprint density at radius 1 is 1.07 bits per heavy atom. The molecule has 148 valence electrons. The molecule has 0 N–H and O–H groups in total. The summed E-state index contributed by atoms with van der Waals surface area (Å²) >= 11 is 0. The molecule has 3 heterocycles. The van der Waals surface area contributed by atoms with Crippen molar-refractivity contribution < 1.29 is 9.18 Å². The molecule has 1 fully saturated rings. The van der Waals surface area contributed by atoms with E-state index in [0.29, 0.717) is 11.4 Å². The summed E-state index contributed by atoms with van der Waals surface area (Å²) in [6.45, 7) is 5.53. The van der Waals surface area contributed by atoms with Crippen molar-refractivity contribution in [2.75, 3.05) is 18.0 Å². The number of carbonyl (C=O) groups excluding carboxylic acids is 1. The van der Waals surface area contributed by atoms with E-state index in [4.69, 9.17) is 4.98 Å². The van der Waals surface area contributed by atoms with E-state index in [1.54, 1.807) is 24.5 Å². The van der Waals surface area contributed by atoms with Crippen LogP contribution in [0.2, 0.25) is 0 Å². The number of Topliss-reactive ketones (excluding diaryl/α,β-unsaturated/α-hetero) is 1. The van der Waals surface area contributed by atoms with Gasteiger partial charge in [-0.15, -0.1) is 0 Å². The van der Waals surface area contributed by atoms with Gasteiger partial charge in [0.2, 0.25) is 0 Å². The van der Waals surface area contributed by atoms with Gasteiger partial charge in [-0.1, -0.05) is 0 Å². The molecule has 4 rings (SSSR count). The van der Waals surface area contributed by atoms with Gasteiger partial charge in [0, 0.05) is 53.8 Å². The number of piperidine rings is 1. The van der Waals surface area contributed by atoms with E-state index in [9.17, 15) is 9.18 Å². The lowest BCUT2D eigenvalue weighted by Gasteiger charge is -2.33. The fraction of sp³-hybridized carbons (Fsp3) is 0.304. The summed E-state index contributed by atoms with van der Waals surface area (Å²) in [4.78, 5) is 28.6. The Bertz CT molecular complexity index is 1010. The van der Waals surface area contributed by atoms with Crippen molar-refractivity contribution in [3.63, 3.8) is 0 Å². The minimum absolute atomic E-state index is 0.0438. The van der Waals surface area contributed by atoms with Crippen LogP contribution in [0.5, 0.6) is 0 Å². The minimum atomic E-state index is -0.324. The van der Waals surface area contributed by atoms with E-state index < -0.39 is 0 Å². The second-order valence-corrected chi connectivity index (χ2v) is 7.46. The average molecular weight is 390 g/mol. The normalized spacial score (nSPS) is 14.8. The number of aryl methyl sites for hydroxylation is 1. The van der Waals surface area contributed by atoms with Crippen molar-refractivity contribution >= 4 is 11.6 Å². The Morgan fingerprint density at radius 3 is 2.45 bits per heavy atom. The molecule has 1 saturated heterocycles. The molecule has 0 aliphatic carbocycles. The molecular formula is C23H23FN4O. The zero-order valence-electron chi connectivity index (χ0n) is 16.6. The SMILES string of the molecule is Cc1nc(-c2cccnc2)nc(N2CCC(C(=O)c3ccc(F)cc3)CC2)c1C. The molecule has 5 nitrogen and oxygen atoms in total. The molecular weight excluding hydrogens is 367 g/mol. The Labute approximate surface area is 169 Å². The second kappa shape index (κ2) is 8.07. The molecule has 0 saturated carbocycles. The molecule has 0 unspecified atom stereocenters. The summed E-state index contributed by atoms with van der Waals surface area (Å²) in [6, 6.07) is 9.66. The van der Waals surface area contributed by atoms with Gasteiger partial charge in [0.05, 0.1) is 0 Å². The molecule has 6 heteroatoms. The third-order valence-electron chi connectivity index (χ3n) is 5.58. The maximum absolute atomic E-state index is 13.1. The van der Waals surface area contributed by atoms with Gasteiger partial charge in [-0.2, -0.15) is 0 Å². The number of hydrogen-bond acceptors (Lipinski definition) is 5. The van der Waals surface area contributed by atoms with Crippen molar-refractivity contribution in [2.24, 2.45) is 5.92 Å². The third kappa shape index (κ3) is 4.01. The highest BCUT2D eigenvalue weighted by molar-refractivity contribution is 5.98. The van der Waals surface area contributed by atoms with Crippen molar-refractivity contribution in [1.82, 2.24) is 15.0 Å². The number of hydrogen-bond donors (Lipinski definition) is 0. The summed E-state index contributed by atoms with van der Waals surface area (Å²) in [7, 11) is 0. The Morgan fingerprint density at radius 2 is 1.79 bits per heavy atom. The summed E-state index contributed by atoms with van der Waals surface area (Å²) in [6.07, 6.45) is 5.00. The number of benzene rings is 1. The van der Waals surface area contributed by atoms with Gasteiger partial charge < -0.3 is 4.90 Å². The van der Waals surface area contributed by atoms with Gasteiger partial charge in [0.25, 0.3) is 0 Å². The molecule has 0 bridgehead atoms. The first kappa shape index (κ1) is 19.2. The molecule has 0 atom stereocenters. The third-order valence-corrected chi connectivity index (χ3v) is 5.58. The monoisotopic (exact) mass is 390 g/mol. The van der Waals surface area contributed by atoms with Crippen LogP contribution < -0.4 is 4.90 Å². The van der Waals surface area contributed by atoms with E-state index in [0.717, 1.165) is 48.6 Å². The lowest BCUT2D eigenvalue weighted by molar-refractivity contribution is 0.0900. The predicted octanol–water partition coefficient (Wildman–Crippen LogP) is 4.39. The maximum atomic E-state index is 13.1. The standard InChI is InChI=1S/C23H23FN4O/c1-15-16(2)26-22(19-4-3-11-25-14-19)27-23(15)28-12-9-18(10-13-28)21(29)17-5-7-20(24)8-6-17/h3-8,11,14,18H,9-10,12-13H2,1-2H3. The van der Waals surface area contributed by atoms with Crippen LogP contribution in [0.15, 0.2) is 48.8 Å². The van der Waals surface area contributed by atoms with Crippen LogP contribution in [0, 0.1) is 25.6 Å². The van der Waals surface area contributed by atoms with Crippen LogP contribution >= 0.6 is 0 Å².